The Morgan fingerprint density at radius 3 is 2.83 bits per heavy atom. The van der Waals surface area contributed by atoms with Gasteiger partial charge < -0.3 is 18.0 Å². The van der Waals surface area contributed by atoms with E-state index in [1.807, 2.05) is 18.2 Å². The van der Waals surface area contributed by atoms with Gasteiger partial charge in [-0.1, -0.05) is 18.2 Å². The lowest BCUT2D eigenvalue weighted by molar-refractivity contribution is 0.0405. The summed E-state index contributed by atoms with van der Waals surface area (Å²) in [6, 6.07) is 12.3. The Morgan fingerprint density at radius 2 is 2.00 bits per heavy atom. The molecule has 4 rings (SSSR count). The van der Waals surface area contributed by atoms with Crippen LogP contribution in [0.1, 0.15) is 16.4 Å². The minimum Gasteiger partial charge on any atom is -0.459 e. The summed E-state index contributed by atoms with van der Waals surface area (Å²) in [5, 5.41) is 8.45. The first-order chi connectivity index (χ1) is 11.3. The summed E-state index contributed by atoms with van der Waals surface area (Å²) in [5.41, 5.74) is 0.623. The molecule has 0 radical (unpaired) electrons. The molecule has 0 N–H and O–H groups in total. The summed E-state index contributed by atoms with van der Waals surface area (Å²) >= 11 is 0. The first-order valence-corrected chi connectivity index (χ1v) is 6.81. The number of fused-ring (bicyclic) bond motifs is 1. The topological polar surface area (TPSA) is 91.5 Å². The molecule has 1 aromatic carbocycles. The van der Waals surface area contributed by atoms with Gasteiger partial charge in [-0.15, -0.1) is 10.2 Å². The van der Waals surface area contributed by atoms with Gasteiger partial charge in [-0.25, -0.2) is 4.79 Å². The van der Waals surface area contributed by atoms with Crippen molar-refractivity contribution in [3.8, 4) is 11.7 Å². The van der Waals surface area contributed by atoms with Gasteiger partial charge in [0.1, 0.15) is 5.58 Å². The molecule has 0 amide bonds. The zero-order valence-corrected chi connectivity index (χ0v) is 11.8. The predicted molar refractivity (Wildman–Crippen MR) is 77.3 cm³/mol. The van der Waals surface area contributed by atoms with Crippen molar-refractivity contribution >= 4 is 16.9 Å². The molecule has 0 atom stereocenters. The average molecular weight is 310 g/mol. The lowest BCUT2D eigenvalue weighted by atomic mass is 10.2. The summed E-state index contributed by atoms with van der Waals surface area (Å²) in [6.45, 7) is -0.149. The number of rotatable bonds is 4. The Labute approximate surface area is 129 Å². The quantitative estimate of drug-likeness (QED) is 0.533. The number of aromatic nitrogens is 2. The van der Waals surface area contributed by atoms with Crippen molar-refractivity contribution in [2.75, 3.05) is 0 Å². The predicted octanol–water partition coefficient (Wildman–Crippen LogP) is 3.43. The van der Waals surface area contributed by atoms with E-state index < -0.39 is 5.97 Å². The molecule has 0 aliphatic heterocycles. The second kappa shape index (κ2) is 5.45. The number of esters is 1. The van der Waals surface area contributed by atoms with Gasteiger partial charge in [0.15, 0.2) is 12.4 Å². The Bertz CT molecular complexity index is 919. The maximum atomic E-state index is 12.0. The molecule has 0 fully saturated rings. The monoisotopic (exact) mass is 310 g/mol. The van der Waals surface area contributed by atoms with Crippen LogP contribution in [0.2, 0.25) is 0 Å². The third-order valence-corrected chi connectivity index (χ3v) is 3.15. The number of benzene rings is 1. The van der Waals surface area contributed by atoms with Crippen LogP contribution in [0.4, 0.5) is 0 Å². The summed E-state index contributed by atoms with van der Waals surface area (Å²) in [4.78, 5) is 12.0. The number of para-hydroxylation sites is 1. The van der Waals surface area contributed by atoms with Crippen molar-refractivity contribution in [3.63, 3.8) is 0 Å². The van der Waals surface area contributed by atoms with E-state index in [1.54, 1.807) is 24.3 Å². The van der Waals surface area contributed by atoms with Crippen LogP contribution in [0, 0.1) is 0 Å². The van der Waals surface area contributed by atoms with E-state index in [0.29, 0.717) is 11.3 Å². The molecule has 0 saturated carbocycles. The smallest absolute Gasteiger partial charge is 0.374 e. The van der Waals surface area contributed by atoms with Crippen LogP contribution in [-0.4, -0.2) is 16.2 Å². The molecule has 0 bridgehead atoms. The molecular formula is C16H10N2O5. The van der Waals surface area contributed by atoms with Gasteiger partial charge in [0.25, 0.3) is 11.8 Å². The zero-order chi connectivity index (χ0) is 15.6. The number of hydrogen-bond donors (Lipinski definition) is 0. The van der Waals surface area contributed by atoms with Gasteiger partial charge in [-0.3, -0.25) is 0 Å². The number of carbonyl (C=O) groups is 1. The fourth-order valence-corrected chi connectivity index (χ4v) is 2.09. The molecule has 7 heteroatoms. The van der Waals surface area contributed by atoms with Crippen molar-refractivity contribution in [2.24, 2.45) is 0 Å². The number of furan rings is 2. The Morgan fingerprint density at radius 1 is 1.09 bits per heavy atom. The van der Waals surface area contributed by atoms with Crippen LogP contribution in [0.25, 0.3) is 22.6 Å². The van der Waals surface area contributed by atoms with Crippen LogP contribution < -0.4 is 0 Å². The lowest BCUT2D eigenvalue weighted by Gasteiger charge is -1.97. The van der Waals surface area contributed by atoms with Crippen molar-refractivity contribution in [2.45, 2.75) is 6.61 Å². The van der Waals surface area contributed by atoms with E-state index >= 15 is 0 Å². The molecule has 0 aliphatic carbocycles. The van der Waals surface area contributed by atoms with Gasteiger partial charge in [0, 0.05) is 5.39 Å². The molecule has 0 spiro atoms. The molecule has 4 aromatic rings. The third-order valence-electron chi connectivity index (χ3n) is 3.15. The highest BCUT2D eigenvalue weighted by Crippen LogP contribution is 2.21. The number of hydrogen-bond acceptors (Lipinski definition) is 7. The normalized spacial score (nSPS) is 11.0. The van der Waals surface area contributed by atoms with Crippen LogP contribution in [-0.2, 0) is 11.3 Å². The Kier molecular flexibility index (Phi) is 3.16. The van der Waals surface area contributed by atoms with Crippen LogP contribution in [0.3, 0.4) is 0 Å². The first-order valence-electron chi connectivity index (χ1n) is 6.81. The molecule has 23 heavy (non-hydrogen) atoms. The van der Waals surface area contributed by atoms with E-state index in [9.17, 15) is 4.79 Å². The fraction of sp³-hybridized carbons (Fsp3) is 0.0625. The largest absolute Gasteiger partial charge is 0.459 e. The molecular weight excluding hydrogens is 300 g/mol. The van der Waals surface area contributed by atoms with E-state index in [2.05, 4.69) is 10.2 Å². The zero-order valence-electron chi connectivity index (χ0n) is 11.8. The SMILES string of the molecule is O=C(OCc1nnc(-c2ccco2)o1)c1cc2ccccc2o1. The van der Waals surface area contributed by atoms with Gasteiger partial charge in [-0.2, -0.15) is 0 Å². The second-order valence-electron chi connectivity index (χ2n) is 4.70. The van der Waals surface area contributed by atoms with E-state index in [-0.39, 0.29) is 24.1 Å². The molecule has 114 valence electrons. The van der Waals surface area contributed by atoms with Gasteiger partial charge >= 0.3 is 5.97 Å². The van der Waals surface area contributed by atoms with E-state index in [4.69, 9.17) is 18.0 Å². The highest BCUT2D eigenvalue weighted by molar-refractivity contribution is 5.92. The van der Waals surface area contributed by atoms with Crippen LogP contribution in [0.5, 0.6) is 0 Å². The molecule has 7 nitrogen and oxygen atoms in total. The second-order valence-corrected chi connectivity index (χ2v) is 4.70. The average Bonchev–Trinajstić information content (AvgIpc) is 3.31. The maximum absolute atomic E-state index is 12.0. The molecule has 3 aromatic heterocycles. The van der Waals surface area contributed by atoms with Crippen molar-refractivity contribution in [1.82, 2.24) is 10.2 Å². The van der Waals surface area contributed by atoms with Crippen molar-refractivity contribution in [3.05, 3.63) is 60.4 Å². The minimum absolute atomic E-state index is 0.122. The standard InChI is InChI=1S/C16H10N2O5/c19-16(13-8-10-4-1-2-5-11(10)22-13)21-9-14-17-18-15(23-14)12-6-3-7-20-12/h1-8H,9H2. The van der Waals surface area contributed by atoms with Gasteiger partial charge in [0.05, 0.1) is 6.26 Å². The summed E-state index contributed by atoms with van der Waals surface area (Å²) in [6.07, 6.45) is 1.50. The Balaban J connectivity index is 1.45. The molecule has 0 saturated heterocycles. The van der Waals surface area contributed by atoms with E-state index in [1.165, 1.54) is 6.26 Å². The number of ether oxygens (including phenoxy) is 1. The molecule has 3 heterocycles. The third kappa shape index (κ3) is 2.59. The summed E-state index contributed by atoms with van der Waals surface area (Å²) in [7, 11) is 0. The van der Waals surface area contributed by atoms with Crippen molar-refractivity contribution in [1.29, 1.82) is 0 Å². The maximum Gasteiger partial charge on any atom is 0.374 e. The number of nitrogens with zero attached hydrogens (tertiary/aromatic N) is 2. The van der Waals surface area contributed by atoms with Gasteiger partial charge in [-0.05, 0) is 24.3 Å². The van der Waals surface area contributed by atoms with Crippen LogP contribution >= 0.6 is 0 Å². The van der Waals surface area contributed by atoms with Gasteiger partial charge in [0.2, 0.25) is 5.76 Å². The van der Waals surface area contributed by atoms with Crippen molar-refractivity contribution < 1.29 is 22.8 Å². The highest BCUT2D eigenvalue weighted by Gasteiger charge is 2.16. The van der Waals surface area contributed by atoms with E-state index in [0.717, 1.165) is 5.39 Å². The highest BCUT2D eigenvalue weighted by atomic mass is 16.6. The Hall–Kier alpha value is -3.35. The summed E-state index contributed by atoms with van der Waals surface area (Å²) in [5.74, 6) is 0.369. The van der Waals surface area contributed by atoms with Crippen LogP contribution in [0.15, 0.2) is 62.0 Å². The molecule has 0 aliphatic rings. The number of carbonyl (C=O) groups excluding carboxylic acids is 1. The first kappa shape index (κ1) is 13.3. The summed E-state index contributed by atoms with van der Waals surface area (Å²) < 4.78 is 21.0. The minimum atomic E-state index is -0.598. The fourth-order valence-electron chi connectivity index (χ4n) is 2.09. The molecule has 0 unspecified atom stereocenters. The lowest BCUT2D eigenvalue weighted by Crippen LogP contribution is -2.04.